The summed E-state index contributed by atoms with van der Waals surface area (Å²) in [5.74, 6) is 0.338. The summed E-state index contributed by atoms with van der Waals surface area (Å²) in [6.45, 7) is 0.644. The summed E-state index contributed by atoms with van der Waals surface area (Å²) in [5, 5.41) is 11.8. The summed E-state index contributed by atoms with van der Waals surface area (Å²) in [5.41, 5.74) is 6.04. The molecule has 0 heterocycles. The summed E-state index contributed by atoms with van der Waals surface area (Å²) < 4.78 is 5.24. The van der Waals surface area contributed by atoms with E-state index in [1.807, 2.05) is 29.2 Å². The Labute approximate surface area is 141 Å². The van der Waals surface area contributed by atoms with E-state index in [4.69, 9.17) is 10.5 Å². The molecule has 0 aromatic heterocycles. The van der Waals surface area contributed by atoms with Crippen LogP contribution in [0.5, 0.6) is 5.75 Å². The van der Waals surface area contributed by atoms with Crippen LogP contribution in [0.1, 0.15) is 31.2 Å². The predicted molar refractivity (Wildman–Crippen MR) is 89.4 cm³/mol. The highest BCUT2D eigenvalue weighted by Gasteiger charge is 2.26. The fourth-order valence-corrected chi connectivity index (χ4v) is 3.10. The minimum atomic E-state index is -0.847. The lowest BCUT2D eigenvalue weighted by Crippen LogP contribution is -2.46. The fourth-order valence-electron chi connectivity index (χ4n) is 3.10. The van der Waals surface area contributed by atoms with Crippen LogP contribution in [0.25, 0.3) is 0 Å². The summed E-state index contributed by atoms with van der Waals surface area (Å²) in [6.07, 6.45) is 2.80. The lowest BCUT2D eigenvalue weighted by Gasteiger charge is -2.35. The van der Waals surface area contributed by atoms with Crippen molar-refractivity contribution in [3.8, 4) is 5.75 Å². The smallest absolute Gasteiger partial charge is 0.318 e. The Balaban J connectivity index is 2.08. The average Bonchev–Trinajstić information content (AvgIpc) is 2.54. The van der Waals surface area contributed by atoms with Gasteiger partial charge in [-0.25, -0.2) is 4.79 Å². The minimum absolute atomic E-state index is 0.0842. The van der Waals surface area contributed by atoms with Crippen LogP contribution in [-0.4, -0.2) is 47.7 Å². The van der Waals surface area contributed by atoms with Crippen molar-refractivity contribution < 1.29 is 19.4 Å². The lowest BCUT2D eigenvalue weighted by atomic mass is 9.91. The van der Waals surface area contributed by atoms with Gasteiger partial charge in [-0.05, 0) is 43.4 Å². The third-order valence-corrected chi connectivity index (χ3v) is 4.31. The van der Waals surface area contributed by atoms with Gasteiger partial charge in [-0.2, -0.15) is 0 Å². The predicted octanol–water partition coefficient (Wildman–Crippen LogP) is 0.996. The van der Waals surface area contributed by atoms with Crippen molar-refractivity contribution in [2.75, 3.05) is 13.7 Å². The Kier molecular flexibility index (Phi) is 6.57. The minimum Gasteiger partial charge on any atom is -0.497 e. The molecule has 0 aliphatic heterocycles. The molecule has 0 spiro atoms. The van der Waals surface area contributed by atoms with Crippen molar-refractivity contribution in [3.05, 3.63) is 29.8 Å². The van der Waals surface area contributed by atoms with Crippen LogP contribution in [0, 0.1) is 0 Å². The van der Waals surface area contributed by atoms with Crippen LogP contribution >= 0.6 is 0 Å². The van der Waals surface area contributed by atoms with E-state index < -0.39 is 11.9 Å². The SMILES string of the molecule is COc1cccc(CN(CC(=O)NC(N)=O)C2CCC(O)CC2)c1. The zero-order valence-electron chi connectivity index (χ0n) is 13.9. The van der Waals surface area contributed by atoms with Gasteiger partial charge in [-0.3, -0.25) is 15.0 Å². The first-order chi connectivity index (χ1) is 11.5. The van der Waals surface area contributed by atoms with E-state index in [-0.39, 0.29) is 18.7 Å². The largest absolute Gasteiger partial charge is 0.497 e. The Morgan fingerprint density at radius 1 is 1.33 bits per heavy atom. The van der Waals surface area contributed by atoms with E-state index in [0.29, 0.717) is 6.54 Å². The molecule has 1 fully saturated rings. The second kappa shape index (κ2) is 8.65. The second-order valence-corrected chi connectivity index (χ2v) is 6.13. The first kappa shape index (κ1) is 18.2. The van der Waals surface area contributed by atoms with Crippen LogP contribution in [0.3, 0.4) is 0 Å². The van der Waals surface area contributed by atoms with Gasteiger partial charge < -0.3 is 15.6 Å². The van der Waals surface area contributed by atoms with Gasteiger partial charge in [0.2, 0.25) is 5.91 Å². The van der Waals surface area contributed by atoms with E-state index in [1.54, 1.807) is 7.11 Å². The van der Waals surface area contributed by atoms with Gasteiger partial charge in [0.05, 0.1) is 19.8 Å². The van der Waals surface area contributed by atoms with Crippen molar-refractivity contribution >= 4 is 11.9 Å². The maximum Gasteiger partial charge on any atom is 0.318 e. The molecule has 1 aliphatic rings. The lowest BCUT2D eigenvalue weighted by molar-refractivity contribution is -0.122. The summed E-state index contributed by atoms with van der Waals surface area (Å²) in [6, 6.07) is 7.00. The van der Waals surface area contributed by atoms with Gasteiger partial charge in [0.1, 0.15) is 5.75 Å². The van der Waals surface area contributed by atoms with E-state index in [1.165, 1.54) is 0 Å². The molecule has 1 aromatic rings. The maximum absolute atomic E-state index is 12.0. The molecule has 0 radical (unpaired) electrons. The standard InChI is InChI=1S/C17H25N3O4/c1-24-15-4-2-3-12(9-15)10-20(11-16(22)19-17(18)23)13-5-7-14(21)8-6-13/h2-4,9,13-14,21H,5-8,10-11H2,1H3,(H3,18,19,22,23). The number of imide groups is 1. The number of rotatable bonds is 6. The maximum atomic E-state index is 12.0. The van der Waals surface area contributed by atoms with Gasteiger partial charge >= 0.3 is 6.03 Å². The number of nitrogens with one attached hydrogen (secondary N) is 1. The molecule has 24 heavy (non-hydrogen) atoms. The number of aliphatic hydroxyl groups is 1. The van der Waals surface area contributed by atoms with Crippen LogP contribution in [-0.2, 0) is 11.3 Å². The number of urea groups is 1. The normalized spacial score (nSPS) is 20.6. The Morgan fingerprint density at radius 2 is 2.04 bits per heavy atom. The van der Waals surface area contributed by atoms with Crippen molar-refractivity contribution in [3.63, 3.8) is 0 Å². The summed E-state index contributed by atoms with van der Waals surface area (Å²) in [7, 11) is 1.61. The van der Waals surface area contributed by atoms with Crippen molar-refractivity contribution in [1.82, 2.24) is 10.2 Å². The van der Waals surface area contributed by atoms with Gasteiger partial charge in [-0.15, -0.1) is 0 Å². The third kappa shape index (κ3) is 5.50. The number of primary amides is 1. The number of amides is 3. The number of methoxy groups -OCH3 is 1. The Hall–Kier alpha value is -2.12. The van der Waals surface area contributed by atoms with Gasteiger partial charge in [0.25, 0.3) is 0 Å². The van der Waals surface area contributed by atoms with E-state index >= 15 is 0 Å². The molecule has 1 aliphatic carbocycles. The number of nitrogens with zero attached hydrogens (tertiary/aromatic N) is 1. The van der Waals surface area contributed by atoms with Crippen molar-refractivity contribution in [2.24, 2.45) is 5.73 Å². The zero-order chi connectivity index (χ0) is 17.5. The van der Waals surface area contributed by atoms with E-state index in [9.17, 15) is 14.7 Å². The Bertz CT molecular complexity index is 571. The molecule has 1 saturated carbocycles. The van der Waals surface area contributed by atoms with Gasteiger partial charge in [0, 0.05) is 12.6 Å². The number of benzene rings is 1. The molecular formula is C17H25N3O4. The van der Waals surface area contributed by atoms with Crippen LogP contribution in [0.4, 0.5) is 4.79 Å². The molecule has 132 valence electrons. The van der Waals surface area contributed by atoms with Crippen LogP contribution in [0.15, 0.2) is 24.3 Å². The molecule has 0 bridgehead atoms. The quantitative estimate of drug-likeness (QED) is 0.719. The number of carbonyl (C=O) groups is 2. The molecular weight excluding hydrogens is 310 g/mol. The van der Waals surface area contributed by atoms with Crippen molar-refractivity contribution in [1.29, 1.82) is 0 Å². The number of hydrogen-bond donors (Lipinski definition) is 3. The third-order valence-electron chi connectivity index (χ3n) is 4.31. The highest BCUT2D eigenvalue weighted by Crippen LogP contribution is 2.25. The topological polar surface area (TPSA) is 105 Å². The number of ether oxygens (including phenoxy) is 1. The molecule has 7 nitrogen and oxygen atoms in total. The number of hydrogen-bond acceptors (Lipinski definition) is 5. The van der Waals surface area contributed by atoms with E-state index in [0.717, 1.165) is 37.0 Å². The molecule has 0 unspecified atom stereocenters. The van der Waals surface area contributed by atoms with Crippen molar-refractivity contribution in [2.45, 2.75) is 44.4 Å². The zero-order valence-corrected chi connectivity index (χ0v) is 13.9. The highest BCUT2D eigenvalue weighted by molar-refractivity contribution is 5.94. The number of nitrogens with two attached hydrogens (primary N) is 1. The summed E-state index contributed by atoms with van der Waals surface area (Å²) >= 11 is 0. The highest BCUT2D eigenvalue weighted by atomic mass is 16.5. The molecule has 7 heteroatoms. The van der Waals surface area contributed by atoms with Crippen LogP contribution < -0.4 is 15.8 Å². The fraction of sp³-hybridized carbons (Fsp3) is 0.529. The molecule has 4 N–H and O–H groups in total. The second-order valence-electron chi connectivity index (χ2n) is 6.13. The molecule has 1 aromatic carbocycles. The van der Waals surface area contributed by atoms with Crippen LogP contribution in [0.2, 0.25) is 0 Å². The molecule has 3 amide bonds. The first-order valence-corrected chi connectivity index (χ1v) is 8.12. The molecule has 0 atom stereocenters. The first-order valence-electron chi connectivity index (χ1n) is 8.12. The summed E-state index contributed by atoms with van der Waals surface area (Å²) in [4.78, 5) is 24.9. The van der Waals surface area contributed by atoms with E-state index in [2.05, 4.69) is 5.32 Å². The number of aliphatic hydroxyl groups excluding tert-OH is 1. The molecule has 2 rings (SSSR count). The average molecular weight is 335 g/mol. The van der Waals surface area contributed by atoms with Gasteiger partial charge in [-0.1, -0.05) is 12.1 Å². The molecule has 0 saturated heterocycles. The number of carbonyl (C=O) groups excluding carboxylic acids is 2. The van der Waals surface area contributed by atoms with Gasteiger partial charge in [0.15, 0.2) is 0 Å². The monoisotopic (exact) mass is 335 g/mol. The Morgan fingerprint density at radius 3 is 2.67 bits per heavy atom.